The zero-order valence-corrected chi connectivity index (χ0v) is 19.9. The molecule has 2 N–H and O–H groups in total. The summed E-state index contributed by atoms with van der Waals surface area (Å²) >= 11 is 0. The van der Waals surface area contributed by atoms with Crippen LogP contribution in [-0.4, -0.2) is 21.4 Å². The van der Waals surface area contributed by atoms with E-state index in [2.05, 4.69) is 0 Å². The summed E-state index contributed by atoms with van der Waals surface area (Å²) in [7, 11) is -3.34. The minimum Gasteiger partial charge on any atom is -0.507 e. The summed E-state index contributed by atoms with van der Waals surface area (Å²) < 4.78 is 17.1. The minimum atomic E-state index is -3.34. The number of carbonyl (C=O) groups is 1. The molecular weight excluding hydrogens is 375 g/mol. The van der Waals surface area contributed by atoms with Crippen molar-refractivity contribution in [3.05, 3.63) is 28.8 Å². The van der Waals surface area contributed by atoms with Crippen LogP contribution in [0.5, 0.6) is 5.75 Å². The maximum atomic E-state index is 13.7. The average Bonchev–Trinajstić information content (AvgIpc) is 2.48. The Hall–Kier alpha value is -1.16. The van der Waals surface area contributed by atoms with Gasteiger partial charge in [0, 0.05) is 16.7 Å². The third-order valence-corrected chi connectivity index (χ3v) is 5.83. The Morgan fingerprint density at radius 3 is 1.54 bits per heavy atom. The SMILES string of the molecule is CC(C)C(O[PH](=O)O)(C(=O)c1cc(C(C)(C)C)c(O)c(C(C)(C)C)c1)C(C)C. The first kappa shape index (κ1) is 24.9. The van der Waals surface area contributed by atoms with Gasteiger partial charge in [-0.1, -0.05) is 69.2 Å². The summed E-state index contributed by atoms with van der Waals surface area (Å²) in [6, 6.07) is 3.40. The van der Waals surface area contributed by atoms with Crippen LogP contribution in [0.2, 0.25) is 0 Å². The molecule has 1 rings (SSSR count). The first-order valence-electron chi connectivity index (χ1n) is 9.81. The maximum Gasteiger partial charge on any atom is 0.317 e. The summed E-state index contributed by atoms with van der Waals surface area (Å²) in [4.78, 5) is 23.2. The van der Waals surface area contributed by atoms with Crippen molar-refractivity contribution in [3.63, 3.8) is 0 Å². The molecule has 0 radical (unpaired) electrons. The van der Waals surface area contributed by atoms with E-state index in [-0.39, 0.29) is 34.2 Å². The number of benzene rings is 1. The van der Waals surface area contributed by atoms with E-state index in [0.717, 1.165) is 0 Å². The Bertz CT molecular complexity index is 708. The Morgan fingerprint density at radius 1 is 0.929 bits per heavy atom. The van der Waals surface area contributed by atoms with Crippen LogP contribution in [0.25, 0.3) is 0 Å². The molecule has 1 unspecified atom stereocenters. The van der Waals surface area contributed by atoms with Gasteiger partial charge in [-0.15, -0.1) is 0 Å². The van der Waals surface area contributed by atoms with E-state index in [4.69, 9.17) is 4.52 Å². The molecule has 0 saturated heterocycles. The van der Waals surface area contributed by atoms with E-state index in [0.29, 0.717) is 16.7 Å². The van der Waals surface area contributed by atoms with Gasteiger partial charge in [-0.05, 0) is 34.8 Å². The van der Waals surface area contributed by atoms with Crippen molar-refractivity contribution in [2.45, 2.75) is 85.7 Å². The molecule has 0 aliphatic heterocycles. The Kier molecular flexibility index (Phi) is 7.37. The predicted molar refractivity (Wildman–Crippen MR) is 115 cm³/mol. The Morgan fingerprint density at radius 2 is 1.29 bits per heavy atom. The lowest BCUT2D eigenvalue weighted by atomic mass is 9.72. The van der Waals surface area contributed by atoms with Crippen LogP contribution in [-0.2, 0) is 19.9 Å². The van der Waals surface area contributed by atoms with Gasteiger partial charge in [0.15, 0.2) is 5.78 Å². The lowest BCUT2D eigenvalue weighted by Gasteiger charge is -2.39. The molecule has 6 heteroatoms. The first-order chi connectivity index (χ1) is 12.5. The van der Waals surface area contributed by atoms with Crippen molar-refractivity contribution in [1.82, 2.24) is 0 Å². The second-order valence-corrected chi connectivity index (χ2v) is 11.0. The molecule has 0 spiro atoms. The highest BCUT2D eigenvalue weighted by molar-refractivity contribution is 7.32. The van der Waals surface area contributed by atoms with E-state index < -0.39 is 13.9 Å². The average molecular weight is 413 g/mol. The summed E-state index contributed by atoms with van der Waals surface area (Å²) in [5.41, 5.74) is -0.471. The number of Topliss-reactive ketones (excluding diaryl/α,β-unsaturated/α-hetero) is 1. The lowest BCUT2D eigenvalue weighted by molar-refractivity contribution is -0.00631. The highest BCUT2D eigenvalue weighted by atomic mass is 31.1. The van der Waals surface area contributed by atoms with Gasteiger partial charge < -0.3 is 10.00 Å². The summed E-state index contributed by atoms with van der Waals surface area (Å²) in [6.45, 7) is 19.1. The van der Waals surface area contributed by atoms with Crippen LogP contribution in [0.1, 0.15) is 90.7 Å². The molecule has 0 bridgehead atoms. The second kappa shape index (κ2) is 8.30. The number of phenolic OH excluding ortho intramolecular Hbond substituents is 1. The van der Waals surface area contributed by atoms with Gasteiger partial charge in [0.05, 0.1) is 0 Å². The molecule has 0 aliphatic carbocycles. The van der Waals surface area contributed by atoms with E-state index in [1.165, 1.54) is 0 Å². The van der Waals surface area contributed by atoms with Crippen LogP contribution >= 0.6 is 8.25 Å². The first-order valence-corrected chi connectivity index (χ1v) is 11.1. The molecule has 0 heterocycles. The lowest BCUT2D eigenvalue weighted by Crippen LogP contribution is -2.49. The van der Waals surface area contributed by atoms with E-state index in [9.17, 15) is 19.4 Å². The molecule has 0 fully saturated rings. The topological polar surface area (TPSA) is 83.8 Å². The highest BCUT2D eigenvalue weighted by Crippen LogP contribution is 2.44. The molecular formula is C22H37O5P. The fourth-order valence-electron chi connectivity index (χ4n) is 3.75. The minimum absolute atomic E-state index is 0.188. The van der Waals surface area contributed by atoms with Crippen molar-refractivity contribution in [2.75, 3.05) is 0 Å². The van der Waals surface area contributed by atoms with Crippen LogP contribution in [0.3, 0.4) is 0 Å². The number of ketones is 1. The molecule has 1 atom stereocenters. The van der Waals surface area contributed by atoms with Gasteiger partial charge in [-0.25, -0.2) is 0 Å². The standard InChI is InChI=1S/C22H37O5P/c1-13(2)22(14(3)4,27-28(25)26)19(24)15-11-16(20(5,6)7)18(23)17(12-15)21(8,9)10/h11-14,23,28H,1-10H3,(H,25,26). The van der Waals surface area contributed by atoms with E-state index >= 15 is 0 Å². The smallest absolute Gasteiger partial charge is 0.317 e. The van der Waals surface area contributed by atoms with Crippen molar-refractivity contribution in [1.29, 1.82) is 0 Å². The normalized spacial score (nSPS) is 14.6. The summed E-state index contributed by atoms with van der Waals surface area (Å²) in [6.07, 6.45) is 0. The van der Waals surface area contributed by atoms with Crippen molar-refractivity contribution < 1.29 is 23.9 Å². The van der Waals surface area contributed by atoms with Gasteiger partial charge in [0.1, 0.15) is 11.4 Å². The van der Waals surface area contributed by atoms with Crippen LogP contribution in [0.15, 0.2) is 12.1 Å². The van der Waals surface area contributed by atoms with Gasteiger partial charge in [0.2, 0.25) is 0 Å². The second-order valence-electron chi connectivity index (χ2n) is 10.2. The molecule has 1 aromatic carbocycles. The third-order valence-electron chi connectivity index (χ3n) is 5.31. The molecule has 5 nitrogen and oxygen atoms in total. The van der Waals surface area contributed by atoms with Gasteiger partial charge in [0.25, 0.3) is 0 Å². The Labute approximate surface area is 170 Å². The number of rotatable bonds is 6. The van der Waals surface area contributed by atoms with Gasteiger partial charge >= 0.3 is 8.25 Å². The van der Waals surface area contributed by atoms with Crippen molar-refractivity contribution >= 4 is 14.0 Å². The quantitative estimate of drug-likeness (QED) is 0.468. The molecule has 0 saturated carbocycles. The number of aromatic hydroxyl groups is 1. The van der Waals surface area contributed by atoms with Crippen LogP contribution < -0.4 is 0 Å². The van der Waals surface area contributed by atoms with Crippen LogP contribution in [0.4, 0.5) is 0 Å². The van der Waals surface area contributed by atoms with Gasteiger partial charge in [-0.2, -0.15) is 0 Å². The Balaban J connectivity index is 3.86. The largest absolute Gasteiger partial charge is 0.507 e. The number of carbonyl (C=O) groups excluding carboxylic acids is 1. The third kappa shape index (κ3) is 4.87. The molecule has 160 valence electrons. The molecule has 0 aromatic heterocycles. The van der Waals surface area contributed by atoms with Crippen molar-refractivity contribution in [3.8, 4) is 5.75 Å². The zero-order chi connectivity index (χ0) is 22.2. The van der Waals surface area contributed by atoms with Crippen molar-refractivity contribution in [2.24, 2.45) is 11.8 Å². The van der Waals surface area contributed by atoms with E-state index in [1.54, 1.807) is 12.1 Å². The number of hydrogen-bond acceptors (Lipinski definition) is 4. The van der Waals surface area contributed by atoms with Crippen LogP contribution in [0, 0.1) is 11.8 Å². The fraction of sp³-hybridized carbons (Fsp3) is 0.682. The summed E-state index contributed by atoms with van der Waals surface area (Å²) in [5, 5.41) is 10.9. The monoisotopic (exact) mass is 412 g/mol. The van der Waals surface area contributed by atoms with E-state index in [1.807, 2.05) is 69.2 Å². The van der Waals surface area contributed by atoms with Gasteiger partial charge in [-0.3, -0.25) is 13.9 Å². The highest BCUT2D eigenvalue weighted by Gasteiger charge is 2.48. The fourth-order valence-corrected chi connectivity index (χ4v) is 4.61. The molecule has 0 aliphatic rings. The predicted octanol–water partition coefficient (Wildman–Crippen LogP) is 5.62. The summed E-state index contributed by atoms with van der Waals surface area (Å²) in [5.74, 6) is -0.772. The molecule has 1 aromatic rings. The zero-order valence-electron chi connectivity index (χ0n) is 18.9. The molecule has 28 heavy (non-hydrogen) atoms. The number of hydrogen-bond donors (Lipinski definition) is 2. The molecule has 0 amide bonds. The number of phenols is 1. The maximum absolute atomic E-state index is 13.7.